The second kappa shape index (κ2) is 6.43. The lowest BCUT2D eigenvalue weighted by molar-refractivity contribution is 0.0909. The fourth-order valence-electron chi connectivity index (χ4n) is 3.12. The summed E-state index contributed by atoms with van der Waals surface area (Å²) in [5.41, 5.74) is 2.81. The van der Waals surface area contributed by atoms with E-state index < -0.39 is 0 Å². The number of aromatic amines is 1. The number of carbonyl (C=O) groups excluding carboxylic acids is 2. The summed E-state index contributed by atoms with van der Waals surface area (Å²) in [6.45, 7) is 9.32. The molecule has 0 spiro atoms. The Kier molecular flexibility index (Phi) is 4.83. The topological polar surface area (TPSA) is 74.0 Å². The standard InChI is InChI=1S/C16H25N3O2/c1-5-12-14(11(4)20)10(3)18-15(12)16(21)19-13-8-17-7-6-9(13)2/h9,13,17-18H,5-8H2,1-4H3,(H,19,21). The van der Waals surface area contributed by atoms with Gasteiger partial charge in [-0.15, -0.1) is 0 Å². The number of rotatable bonds is 4. The normalized spacial score (nSPS) is 22.1. The molecule has 1 aliphatic heterocycles. The molecule has 1 fully saturated rings. The third-order valence-corrected chi connectivity index (χ3v) is 4.37. The molecular formula is C16H25N3O2. The Morgan fingerprint density at radius 3 is 2.67 bits per heavy atom. The van der Waals surface area contributed by atoms with Crippen molar-refractivity contribution in [1.29, 1.82) is 0 Å². The summed E-state index contributed by atoms with van der Waals surface area (Å²) in [4.78, 5) is 27.4. The van der Waals surface area contributed by atoms with Crippen molar-refractivity contribution >= 4 is 11.7 Å². The first-order chi connectivity index (χ1) is 9.95. The first-order valence-corrected chi connectivity index (χ1v) is 7.69. The average molecular weight is 291 g/mol. The highest BCUT2D eigenvalue weighted by Gasteiger charge is 2.26. The van der Waals surface area contributed by atoms with E-state index in [0.717, 1.165) is 30.8 Å². The average Bonchev–Trinajstić information content (AvgIpc) is 2.78. The maximum absolute atomic E-state index is 12.5. The van der Waals surface area contributed by atoms with Gasteiger partial charge in [0.05, 0.1) is 0 Å². The Balaban J connectivity index is 2.23. The summed E-state index contributed by atoms with van der Waals surface area (Å²) in [6.07, 6.45) is 1.73. The summed E-state index contributed by atoms with van der Waals surface area (Å²) < 4.78 is 0. The molecule has 0 aliphatic carbocycles. The molecule has 116 valence electrons. The van der Waals surface area contributed by atoms with Gasteiger partial charge in [0.2, 0.25) is 0 Å². The quantitative estimate of drug-likeness (QED) is 0.741. The minimum absolute atomic E-state index is 0.00681. The molecule has 2 atom stereocenters. The lowest BCUT2D eigenvalue weighted by Crippen LogP contribution is -2.50. The number of nitrogens with one attached hydrogen (secondary N) is 3. The molecule has 5 heteroatoms. The Hall–Kier alpha value is -1.62. The van der Waals surface area contributed by atoms with Crippen molar-refractivity contribution in [3.05, 3.63) is 22.5 Å². The number of H-pyrrole nitrogens is 1. The predicted octanol–water partition coefficient (Wildman–Crippen LogP) is 1.82. The molecular weight excluding hydrogens is 266 g/mol. The molecule has 5 nitrogen and oxygen atoms in total. The summed E-state index contributed by atoms with van der Waals surface area (Å²) in [5, 5.41) is 6.40. The molecule has 1 aliphatic rings. The van der Waals surface area contributed by atoms with E-state index in [9.17, 15) is 9.59 Å². The van der Waals surface area contributed by atoms with Crippen LogP contribution in [0.4, 0.5) is 0 Å². The number of hydrogen-bond donors (Lipinski definition) is 3. The van der Waals surface area contributed by atoms with Crippen molar-refractivity contribution in [1.82, 2.24) is 15.6 Å². The van der Waals surface area contributed by atoms with E-state index in [-0.39, 0.29) is 17.7 Å². The number of ketones is 1. The van der Waals surface area contributed by atoms with Crippen LogP contribution in [0.1, 0.15) is 59.3 Å². The maximum Gasteiger partial charge on any atom is 0.268 e. The number of Topliss-reactive ketones (excluding diaryl/α,β-unsaturated/α-hetero) is 1. The summed E-state index contributed by atoms with van der Waals surface area (Å²) in [7, 11) is 0. The summed E-state index contributed by atoms with van der Waals surface area (Å²) in [6, 6.07) is 0.139. The van der Waals surface area contributed by atoms with E-state index >= 15 is 0 Å². The number of carbonyl (C=O) groups is 2. The van der Waals surface area contributed by atoms with Crippen molar-refractivity contribution in [2.24, 2.45) is 5.92 Å². The van der Waals surface area contributed by atoms with Crippen LogP contribution in [0.5, 0.6) is 0 Å². The van der Waals surface area contributed by atoms with Gasteiger partial charge in [0.25, 0.3) is 5.91 Å². The second-order valence-corrected chi connectivity index (χ2v) is 5.94. The number of aryl methyl sites for hydroxylation is 1. The minimum Gasteiger partial charge on any atom is -0.354 e. The zero-order valence-corrected chi connectivity index (χ0v) is 13.3. The Morgan fingerprint density at radius 1 is 1.38 bits per heavy atom. The van der Waals surface area contributed by atoms with Crippen LogP contribution in [0.15, 0.2) is 0 Å². The zero-order valence-electron chi connectivity index (χ0n) is 13.3. The molecule has 0 saturated carbocycles. The molecule has 2 rings (SSSR count). The van der Waals surface area contributed by atoms with Gasteiger partial charge in [0, 0.05) is 23.8 Å². The van der Waals surface area contributed by atoms with Gasteiger partial charge >= 0.3 is 0 Å². The van der Waals surface area contributed by atoms with Gasteiger partial charge in [-0.25, -0.2) is 0 Å². The zero-order chi connectivity index (χ0) is 15.6. The molecule has 1 aromatic heterocycles. The molecule has 1 saturated heterocycles. The predicted molar refractivity (Wildman–Crippen MR) is 82.8 cm³/mol. The molecule has 3 N–H and O–H groups in total. The molecule has 0 aromatic carbocycles. The van der Waals surface area contributed by atoms with Crippen LogP contribution in [0, 0.1) is 12.8 Å². The molecule has 2 unspecified atom stereocenters. The van der Waals surface area contributed by atoms with Gasteiger partial charge in [0.1, 0.15) is 5.69 Å². The minimum atomic E-state index is -0.108. The van der Waals surface area contributed by atoms with E-state index in [2.05, 4.69) is 22.5 Å². The summed E-state index contributed by atoms with van der Waals surface area (Å²) >= 11 is 0. The number of aromatic nitrogens is 1. The number of hydrogen-bond acceptors (Lipinski definition) is 3. The van der Waals surface area contributed by atoms with Crippen molar-refractivity contribution in [3.8, 4) is 0 Å². The van der Waals surface area contributed by atoms with Crippen LogP contribution in [0.3, 0.4) is 0 Å². The van der Waals surface area contributed by atoms with Gasteiger partial charge in [-0.05, 0) is 44.7 Å². The molecule has 2 heterocycles. The molecule has 1 aromatic rings. The van der Waals surface area contributed by atoms with Crippen molar-refractivity contribution < 1.29 is 9.59 Å². The van der Waals surface area contributed by atoms with Crippen molar-refractivity contribution in [2.45, 2.75) is 46.6 Å². The lowest BCUT2D eigenvalue weighted by atomic mass is 9.94. The van der Waals surface area contributed by atoms with Gasteiger partial charge < -0.3 is 15.6 Å². The Morgan fingerprint density at radius 2 is 2.10 bits per heavy atom. The van der Waals surface area contributed by atoms with Crippen molar-refractivity contribution in [2.75, 3.05) is 13.1 Å². The van der Waals surface area contributed by atoms with Crippen LogP contribution in [0.2, 0.25) is 0 Å². The Labute approximate surface area is 125 Å². The van der Waals surface area contributed by atoms with Crippen LogP contribution in [-0.2, 0) is 6.42 Å². The van der Waals surface area contributed by atoms with E-state index in [0.29, 0.717) is 23.6 Å². The van der Waals surface area contributed by atoms with E-state index in [1.165, 1.54) is 0 Å². The third kappa shape index (κ3) is 3.18. The third-order valence-electron chi connectivity index (χ3n) is 4.37. The molecule has 0 bridgehead atoms. The Bertz CT molecular complexity index is 548. The fourth-order valence-corrected chi connectivity index (χ4v) is 3.12. The van der Waals surface area contributed by atoms with Crippen LogP contribution in [0.25, 0.3) is 0 Å². The van der Waals surface area contributed by atoms with E-state index in [4.69, 9.17) is 0 Å². The SMILES string of the molecule is CCc1c(C(=O)NC2CNCCC2C)[nH]c(C)c1C(C)=O. The highest BCUT2D eigenvalue weighted by Crippen LogP contribution is 2.21. The smallest absolute Gasteiger partial charge is 0.268 e. The van der Waals surface area contributed by atoms with Crippen LogP contribution >= 0.6 is 0 Å². The van der Waals surface area contributed by atoms with E-state index in [1.807, 2.05) is 13.8 Å². The van der Waals surface area contributed by atoms with Crippen LogP contribution < -0.4 is 10.6 Å². The summed E-state index contributed by atoms with van der Waals surface area (Å²) in [5.74, 6) is 0.360. The number of amides is 1. The van der Waals surface area contributed by atoms with Gasteiger partial charge in [-0.2, -0.15) is 0 Å². The highest BCUT2D eigenvalue weighted by molar-refractivity contribution is 6.02. The first-order valence-electron chi connectivity index (χ1n) is 7.69. The highest BCUT2D eigenvalue weighted by atomic mass is 16.2. The van der Waals surface area contributed by atoms with Gasteiger partial charge in [-0.1, -0.05) is 13.8 Å². The fraction of sp³-hybridized carbons (Fsp3) is 0.625. The van der Waals surface area contributed by atoms with Crippen molar-refractivity contribution in [3.63, 3.8) is 0 Å². The van der Waals surface area contributed by atoms with Crippen LogP contribution in [-0.4, -0.2) is 35.8 Å². The van der Waals surface area contributed by atoms with Gasteiger partial charge in [0.15, 0.2) is 5.78 Å². The maximum atomic E-state index is 12.5. The second-order valence-electron chi connectivity index (χ2n) is 5.94. The molecule has 1 amide bonds. The van der Waals surface area contributed by atoms with E-state index in [1.54, 1.807) is 6.92 Å². The number of piperidine rings is 1. The lowest BCUT2D eigenvalue weighted by Gasteiger charge is -2.30. The largest absolute Gasteiger partial charge is 0.354 e. The molecule has 21 heavy (non-hydrogen) atoms. The monoisotopic (exact) mass is 291 g/mol. The van der Waals surface area contributed by atoms with Gasteiger partial charge in [-0.3, -0.25) is 9.59 Å². The molecule has 0 radical (unpaired) electrons. The first kappa shape index (κ1) is 15.8.